The van der Waals surface area contributed by atoms with Gasteiger partial charge in [0, 0.05) is 36.8 Å². The number of rotatable bonds is 3. The molecule has 2 aliphatic rings. The number of hydrogen-bond donors (Lipinski definition) is 1. The zero-order valence-corrected chi connectivity index (χ0v) is 15.5. The Balaban J connectivity index is 0.00000210. The molecule has 7 heteroatoms. The van der Waals surface area contributed by atoms with Crippen LogP contribution < -0.4 is 10.1 Å². The quantitative estimate of drug-likeness (QED) is 0.850. The molecule has 2 heterocycles. The van der Waals surface area contributed by atoms with Gasteiger partial charge in [-0.1, -0.05) is 0 Å². The van der Waals surface area contributed by atoms with Crippen molar-refractivity contribution in [3.05, 3.63) is 59.7 Å². The number of fused-ring (bicyclic) bond motifs is 2. The standard InChI is InChI=1S/C20H20F2N2O2.ClH/c21-18-8-7-17(11-19(18)22)26-16-5-1-13(2-6-16)20(25)24-10-9-14-3-4-15(12-24)23-14;/h1-2,5-8,11,14-15,23H,3-4,9-10,12H2;1H. The van der Waals surface area contributed by atoms with Gasteiger partial charge in [-0.15, -0.1) is 12.4 Å². The largest absolute Gasteiger partial charge is 0.457 e. The molecule has 1 N–H and O–H groups in total. The first-order valence-corrected chi connectivity index (χ1v) is 8.87. The van der Waals surface area contributed by atoms with Gasteiger partial charge in [-0.05, 0) is 55.7 Å². The summed E-state index contributed by atoms with van der Waals surface area (Å²) < 4.78 is 31.7. The average molecular weight is 395 g/mol. The van der Waals surface area contributed by atoms with E-state index >= 15 is 0 Å². The third-order valence-electron chi connectivity index (χ3n) is 5.04. The van der Waals surface area contributed by atoms with Crippen molar-refractivity contribution in [2.45, 2.75) is 31.3 Å². The van der Waals surface area contributed by atoms with E-state index in [1.807, 2.05) is 4.90 Å². The first kappa shape index (κ1) is 19.6. The van der Waals surface area contributed by atoms with Crippen LogP contribution in [0.4, 0.5) is 8.78 Å². The van der Waals surface area contributed by atoms with Gasteiger partial charge < -0.3 is 15.0 Å². The van der Waals surface area contributed by atoms with Crippen molar-refractivity contribution in [3.8, 4) is 11.5 Å². The van der Waals surface area contributed by atoms with Gasteiger partial charge >= 0.3 is 0 Å². The van der Waals surface area contributed by atoms with Gasteiger partial charge in [0.15, 0.2) is 11.6 Å². The summed E-state index contributed by atoms with van der Waals surface area (Å²) in [6, 6.07) is 11.0. The van der Waals surface area contributed by atoms with E-state index < -0.39 is 11.6 Å². The summed E-state index contributed by atoms with van der Waals surface area (Å²) in [6.45, 7) is 1.50. The number of amides is 1. The molecule has 2 atom stereocenters. The summed E-state index contributed by atoms with van der Waals surface area (Å²) in [4.78, 5) is 14.7. The zero-order valence-electron chi connectivity index (χ0n) is 14.7. The third-order valence-corrected chi connectivity index (χ3v) is 5.04. The fraction of sp³-hybridized carbons (Fsp3) is 0.350. The van der Waals surface area contributed by atoms with Crippen molar-refractivity contribution in [1.82, 2.24) is 10.2 Å². The number of hydrogen-bond acceptors (Lipinski definition) is 3. The lowest BCUT2D eigenvalue weighted by Gasteiger charge is -2.24. The van der Waals surface area contributed by atoms with Crippen LogP contribution in [0.2, 0.25) is 0 Å². The van der Waals surface area contributed by atoms with E-state index in [1.54, 1.807) is 24.3 Å². The second-order valence-corrected chi connectivity index (χ2v) is 6.88. The molecule has 2 saturated heterocycles. The topological polar surface area (TPSA) is 41.6 Å². The van der Waals surface area contributed by atoms with E-state index in [9.17, 15) is 13.6 Å². The maximum atomic E-state index is 13.2. The minimum Gasteiger partial charge on any atom is -0.457 e. The smallest absolute Gasteiger partial charge is 0.253 e. The molecule has 0 radical (unpaired) electrons. The molecule has 2 aromatic rings. The number of carbonyl (C=O) groups is 1. The Labute approximate surface area is 162 Å². The summed E-state index contributed by atoms with van der Waals surface area (Å²) in [5.74, 6) is -1.20. The van der Waals surface area contributed by atoms with Gasteiger partial charge in [-0.3, -0.25) is 4.79 Å². The number of likely N-dealkylation sites (tertiary alicyclic amines) is 1. The summed E-state index contributed by atoms with van der Waals surface area (Å²) in [5.41, 5.74) is 0.598. The minimum absolute atomic E-state index is 0. The van der Waals surface area contributed by atoms with Crippen molar-refractivity contribution < 1.29 is 18.3 Å². The van der Waals surface area contributed by atoms with E-state index in [1.165, 1.54) is 12.5 Å². The summed E-state index contributed by atoms with van der Waals surface area (Å²) in [5, 5.41) is 3.56. The summed E-state index contributed by atoms with van der Waals surface area (Å²) >= 11 is 0. The fourth-order valence-electron chi connectivity index (χ4n) is 3.65. The predicted molar refractivity (Wildman–Crippen MR) is 101 cm³/mol. The Hall–Kier alpha value is -2.18. The molecule has 0 aromatic heterocycles. The van der Waals surface area contributed by atoms with Crippen LogP contribution in [-0.4, -0.2) is 36.0 Å². The number of benzene rings is 2. The molecule has 0 spiro atoms. The van der Waals surface area contributed by atoms with Gasteiger partial charge in [-0.25, -0.2) is 8.78 Å². The molecule has 2 unspecified atom stereocenters. The SMILES string of the molecule is Cl.O=C(c1ccc(Oc2ccc(F)c(F)c2)cc1)N1CCC2CCC(C1)N2. The monoisotopic (exact) mass is 394 g/mol. The van der Waals surface area contributed by atoms with Crippen LogP contribution in [0.5, 0.6) is 11.5 Å². The number of halogens is 3. The maximum absolute atomic E-state index is 13.2. The van der Waals surface area contributed by atoms with E-state index in [2.05, 4.69) is 5.32 Å². The van der Waals surface area contributed by atoms with Crippen LogP contribution in [0.3, 0.4) is 0 Å². The Bertz CT molecular complexity index is 816. The van der Waals surface area contributed by atoms with Crippen LogP contribution in [0.1, 0.15) is 29.6 Å². The van der Waals surface area contributed by atoms with Gasteiger partial charge in [0.1, 0.15) is 11.5 Å². The normalized spacial score (nSPS) is 21.3. The lowest BCUT2D eigenvalue weighted by Crippen LogP contribution is -2.39. The predicted octanol–water partition coefficient (Wildman–Crippen LogP) is 4.15. The van der Waals surface area contributed by atoms with Crippen LogP contribution in [-0.2, 0) is 0 Å². The van der Waals surface area contributed by atoms with Crippen LogP contribution in [0.15, 0.2) is 42.5 Å². The molecule has 0 saturated carbocycles. The van der Waals surface area contributed by atoms with E-state index in [4.69, 9.17) is 4.74 Å². The highest BCUT2D eigenvalue weighted by Crippen LogP contribution is 2.25. The second-order valence-electron chi connectivity index (χ2n) is 6.88. The molecule has 1 amide bonds. The highest BCUT2D eigenvalue weighted by Gasteiger charge is 2.31. The number of nitrogens with zero attached hydrogens (tertiary/aromatic N) is 1. The first-order valence-electron chi connectivity index (χ1n) is 8.87. The Kier molecular flexibility index (Phi) is 5.97. The van der Waals surface area contributed by atoms with E-state index in [0.29, 0.717) is 23.4 Å². The summed E-state index contributed by atoms with van der Waals surface area (Å²) in [7, 11) is 0. The number of ether oxygens (including phenoxy) is 1. The van der Waals surface area contributed by atoms with E-state index in [0.717, 1.165) is 38.1 Å². The Morgan fingerprint density at radius 3 is 2.41 bits per heavy atom. The van der Waals surface area contributed by atoms with Crippen molar-refractivity contribution >= 4 is 18.3 Å². The average Bonchev–Trinajstić information content (AvgIpc) is 2.97. The van der Waals surface area contributed by atoms with Gasteiger partial charge in [0.05, 0.1) is 0 Å². The minimum atomic E-state index is -0.960. The molecule has 27 heavy (non-hydrogen) atoms. The molecule has 0 aliphatic carbocycles. The molecule has 144 valence electrons. The van der Waals surface area contributed by atoms with Crippen LogP contribution in [0.25, 0.3) is 0 Å². The first-order chi connectivity index (χ1) is 12.6. The number of nitrogens with one attached hydrogen (secondary N) is 1. The highest BCUT2D eigenvalue weighted by molar-refractivity contribution is 5.94. The van der Waals surface area contributed by atoms with Crippen molar-refractivity contribution in [2.24, 2.45) is 0 Å². The third kappa shape index (κ3) is 4.39. The Morgan fingerprint density at radius 1 is 0.963 bits per heavy atom. The molecule has 4 nitrogen and oxygen atoms in total. The molecule has 4 rings (SSSR count). The summed E-state index contributed by atoms with van der Waals surface area (Å²) in [6.07, 6.45) is 3.30. The molecular formula is C20H21ClF2N2O2. The van der Waals surface area contributed by atoms with Gasteiger partial charge in [0.2, 0.25) is 0 Å². The van der Waals surface area contributed by atoms with Crippen molar-refractivity contribution in [3.63, 3.8) is 0 Å². The lowest BCUT2D eigenvalue weighted by atomic mass is 10.1. The molecule has 2 bridgehead atoms. The lowest BCUT2D eigenvalue weighted by molar-refractivity contribution is 0.0748. The second kappa shape index (κ2) is 8.23. The molecule has 2 aromatic carbocycles. The zero-order chi connectivity index (χ0) is 18.1. The van der Waals surface area contributed by atoms with Crippen molar-refractivity contribution in [2.75, 3.05) is 13.1 Å². The molecule has 2 fully saturated rings. The van der Waals surface area contributed by atoms with Crippen LogP contribution in [0, 0.1) is 11.6 Å². The molecule has 2 aliphatic heterocycles. The van der Waals surface area contributed by atoms with Crippen molar-refractivity contribution in [1.29, 1.82) is 0 Å². The maximum Gasteiger partial charge on any atom is 0.253 e. The number of carbonyl (C=O) groups excluding carboxylic acids is 1. The van der Waals surface area contributed by atoms with E-state index in [-0.39, 0.29) is 24.1 Å². The van der Waals surface area contributed by atoms with Crippen LogP contribution >= 0.6 is 12.4 Å². The van der Waals surface area contributed by atoms with Gasteiger partial charge in [0.25, 0.3) is 5.91 Å². The highest BCUT2D eigenvalue weighted by atomic mass is 35.5. The fourth-order valence-corrected chi connectivity index (χ4v) is 3.65. The molecular weight excluding hydrogens is 374 g/mol. The van der Waals surface area contributed by atoms with Gasteiger partial charge in [-0.2, -0.15) is 0 Å². The Morgan fingerprint density at radius 2 is 1.67 bits per heavy atom.